The molecule has 0 saturated carbocycles. The second kappa shape index (κ2) is 5.50. The Kier molecular flexibility index (Phi) is 3.56. The first-order chi connectivity index (χ1) is 9.74. The molecular weight excluding hydrogens is 256 g/mol. The average molecular weight is 274 g/mol. The number of fused-ring (bicyclic) bond motifs is 1. The van der Waals surface area contributed by atoms with Gasteiger partial charge in [-0.15, -0.1) is 0 Å². The van der Waals surface area contributed by atoms with E-state index in [1.54, 1.807) is 0 Å². The van der Waals surface area contributed by atoms with E-state index in [0.717, 1.165) is 37.6 Å². The fraction of sp³-hybridized carbons (Fsp3) is 0.429. The minimum Gasteiger partial charge on any atom is -0.351 e. The Bertz CT molecular complexity index is 526. The summed E-state index contributed by atoms with van der Waals surface area (Å²) in [6.45, 7) is 3.63. The molecule has 20 heavy (non-hydrogen) atoms. The molecule has 2 amide bonds. The molecule has 0 radical (unpaired) electrons. The van der Waals surface area contributed by atoms with Crippen LogP contribution in [0.1, 0.15) is 0 Å². The number of nitrogens with one attached hydrogen (secondary N) is 2. The highest BCUT2D eigenvalue weighted by Gasteiger charge is 2.25. The molecule has 6 heteroatoms. The minimum absolute atomic E-state index is 0.0724. The van der Waals surface area contributed by atoms with E-state index in [-0.39, 0.29) is 24.9 Å². The Morgan fingerprint density at radius 3 is 2.75 bits per heavy atom. The van der Waals surface area contributed by atoms with E-state index in [9.17, 15) is 9.59 Å². The summed E-state index contributed by atoms with van der Waals surface area (Å²) in [5, 5.41) is 6.05. The van der Waals surface area contributed by atoms with Crippen LogP contribution >= 0.6 is 0 Å². The molecule has 1 fully saturated rings. The van der Waals surface area contributed by atoms with E-state index in [2.05, 4.69) is 10.6 Å². The van der Waals surface area contributed by atoms with Crippen molar-refractivity contribution in [3.8, 4) is 0 Å². The number of carbonyl (C=O) groups excluding carboxylic acids is 2. The first kappa shape index (κ1) is 12.9. The molecule has 0 spiro atoms. The second-order valence-corrected chi connectivity index (χ2v) is 5.05. The standard InChI is InChI=1S/C14H18N4O2/c19-13-9-18(12-4-2-1-3-11(12)16-13)10-14(20)17-7-5-15-6-8-17/h1-4,15H,5-10H2,(H,16,19). The van der Waals surface area contributed by atoms with Gasteiger partial charge in [0.25, 0.3) is 0 Å². The molecule has 1 aromatic rings. The predicted octanol–water partition coefficient (Wildman–Crippen LogP) is -0.123. The number of rotatable bonds is 2. The van der Waals surface area contributed by atoms with E-state index >= 15 is 0 Å². The molecule has 1 saturated heterocycles. The highest BCUT2D eigenvalue weighted by atomic mass is 16.2. The highest BCUT2D eigenvalue weighted by Crippen LogP contribution is 2.28. The number of benzene rings is 1. The van der Waals surface area contributed by atoms with Crippen LogP contribution in [0.5, 0.6) is 0 Å². The van der Waals surface area contributed by atoms with Gasteiger partial charge in [-0.05, 0) is 12.1 Å². The van der Waals surface area contributed by atoms with Crippen LogP contribution in [0, 0.1) is 0 Å². The smallest absolute Gasteiger partial charge is 0.243 e. The number of carbonyl (C=O) groups is 2. The van der Waals surface area contributed by atoms with Crippen LogP contribution in [0.15, 0.2) is 24.3 Å². The zero-order valence-corrected chi connectivity index (χ0v) is 11.3. The van der Waals surface area contributed by atoms with Gasteiger partial charge in [-0.2, -0.15) is 0 Å². The monoisotopic (exact) mass is 274 g/mol. The highest BCUT2D eigenvalue weighted by molar-refractivity contribution is 6.02. The van der Waals surface area contributed by atoms with Crippen LogP contribution in [0.2, 0.25) is 0 Å². The zero-order chi connectivity index (χ0) is 13.9. The molecule has 3 rings (SSSR count). The van der Waals surface area contributed by atoms with Crippen molar-refractivity contribution in [2.75, 3.05) is 49.5 Å². The van der Waals surface area contributed by atoms with Crippen LogP contribution in [0.3, 0.4) is 0 Å². The first-order valence-corrected chi connectivity index (χ1v) is 6.86. The largest absolute Gasteiger partial charge is 0.351 e. The van der Waals surface area contributed by atoms with Gasteiger partial charge in [-0.1, -0.05) is 12.1 Å². The molecular formula is C14H18N4O2. The number of amides is 2. The number of nitrogens with zero attached hydrogens (tertiary/aromatic N) is 2. The van der Waals surface area contributed by atoms with Gasteiger partial charge in [0, 0.05) is 26.2 Å². The molecule has 2 aliphatic rings. The van der Waals surface area contributed by atoms with Crippen LogP contribution in [0.25, 0.3) is 0 Å². The maximum atomic E-state index is 12.3. The van der Waals surface area contributed by atoms with Crippen molar-refractivity contribution in [2.24, 2.45) is 0 Å². The summed E-state index contributed by atoms with van der Waals surface area (Å²) in [5.41, 5.74) is 1.69. The van der Waals surface area contributed by atoms with Gasteiger partial charge in [-0.25, -0.2) is 0 Å². The third-order valence-corrected chi connectivity index (χ3v) is 3.65. The van der Waals surface area contributed by atoms with Gasteiger partial charge >= 0.3 is 0 Å². The van der Waals surface area contributed by atoms with Crippen LogP contribution in [0.4, 0.5) is 11.4 Å². The van der Waals surface area contributed by atoms with Crippen molar-refractivity contribution in [1.82, 2.24) is 10.2 Å². The molecule has 0 aliphatic carbocycles. The van der Waals surface area contributed by atoms with E-state index in [1.807, 2.05) is 34.1 Å². The van der Waals surface area contributed by atoms with Gasteiger partial charge in [-0.3, -0.25) is 9.59 Å². The Balaban J connectivity index is 1.73. The third-order valence-electron chi connectivity index (χ3n) is 3.65. The summed E-state index contributed by atoms with van der Waals surface area (Å²) >= 11 is 0. The van der Waals surface area contributed by atoms with Crippen molar-refractivity contribution in [1.29, 1.82) is 0 Å². The number of hydrogen-bond donors (Lipinski definition) is 2. The average Bonchev–Trinajstić information content (AvgIpc) is 2.48. The van der Waals surface area contributed by atoms with E-state index in [4.69, 9.17) is 0 Å². The molecule has 0 atom stereocenters. The molecule has 0 aromatic heterocycles. The van der Waals surface area contributed by atoms with Crippen LogP contribution in [-0.4, -0.2) is 56.0 Å². The number of anilines is 2. The SMILES string of the molecule is O=C1CN(CC(=O)N2CCNCC2)c2ccccc2N1. The van der Waals surface area contributed by atoms with Crippen molar-refractivity contribution < 1.29 is 9.59 Å². The van der Waals surface area contributed by atoms with Crippen molar-refractivity contribution in [3.05, 3.63) is 24.3 Å². The molecule has 6 nitrogen and oxygen atoms in total. The third kappa shape index (κ3) is 2.60. The predicted molar refractivity (Wildman–Crippen MR) is 76.7 cm³/mol. The molecule has 2 aliphatic heterocycles. The van der Waals surface area contributed by atoms with E-state index < -0.39 is 0 Å². The quantitative estimate of drug-likeness (QED) is 0.789. The van der Waals surface area contributed by atoms with Gasteiger partial charge in [0.15, 0.2) is 0 Å². The Labute approximate surface area is 117 Å². The van der Waals surface area contributed by atoms with E-state index in [1.165, 1.54) is 0 Å². The Morgan fingerprint density at radius 1 is 1.20 bits per heavy atom. The molecule has 2 N–H and O–H groups in total. The first-order valence-electron chi connectivity index (χ1n) is 6.86. The van der Waals surface area contributed by atoms with Crippen molar-refractivity contribution in [3.63, 3.8) is 0 Å². The summed E-state index contributed by atoms with van der Waals surface area (Å²) in [4.78, 5) is 27.7. The Morgan fingerprint density at radius 2 is 1.95 bits per heavy atom. The lowest BCUT2D eigenvalue weighted by Gasteiger charge is -2.33. The second-order valence-electron chi connectivity index (χ2n) is 5.05. The molecule has 106 valence electrons. The fourth-order valence-electron chi connectivity index (χ4n) is 2.62. The lowest BCUT2D eigenvalue weighted by molar-refractivity contribution is -0.130. The van der Waals surface area contributed by atoms with Gasteiger partial charge in [0.1, 0.15) is 0 Å². The van der Waals surface area contributed by atoms with Gasteiger partial charge in [0.2, 0.25) is 11.8 Å². The molecule has 1 aromatic carbocycles. The maximum absolute atomic E-state index is 12.3. The van der Waals surface area contributed by atoms with Crippen LogP contribution in [-0.2, 0) is 9.59 Å². The number of piperazine rings is 1. The summed E-state index contributed by atoms with van der Waals surface area (Å²) < 4.78 is 0. The summed E-state index contributed by atoms with van der Waals surface area (Å²) in [5.74, 6) is 0.00724. The lowest BCUT2D eigenvalue weighted by atomic mass is 10.2. The fourth-order valence-corrected chi connectivity index (χ4v) is 2.62. The minimum atomic E-state index is -0.0724. The lowest BCUT2D eigenvalue weighted by Crippen LogP contribution is -2.51. The number of hydrogen-bond acceptors (Lipinski definition) is 4. The van der Waals surface area contributed by atoms with Crippen LogP contribution < -0.4 is 15.5 Å². The molecule has 2 heterocycles. The number of para-hydroxylation sites is 2. The normalized spacial score (nSPS) is 18.5. The maximum Gasteiger partial charge on any atom is 0.243 e. The summed E-state index contributed by atoms with van der Waals surface area (Å²) in [6, 6.07) is 7.58. The van der Waals surface area contributed by atoms with Gasteiger partial charge < -0.3 is 20.4 Å². The van der Waals surface area contributed by atoms with Crippen molar-refractivity contribution >= 4 is 23.2 Å². The topological polar surface area (TPSA) is 64.7 Å². The summed E-state index contributed by atoms with van der Waals surface area (Å²) in [6.07, 6.45) is 0. The van der Waals surface area contributed by atoms with E-state index in [0.29, 0.717) is 0 Å². The Hall–Kier alpha value is -2.08. The van der Waals surface area contributed by atoms with Crippen molar-refractivity contribution in [2.45, 2.75) is 0 Å². The summed E-state index contributed by atoms with van der Waals surface area (Å²) in [7, 11) is 0. The molecule has 0 bridgehead atoms. The molecule has 0 unspecified atom stereocenters. The zero-order valence-electron chi connectivity index (χ0n) is 11.3. The van der Waals surface area contributed by atoms with Gasteiger partial charge in [0.05, 0.1) is 24.5 Å².